The van der Waals surface area contributed by atoms with Crippen LogP contribution in [0.25, 0.3) is 0 Å². The number of rotatable bonds is 3. The SMILES string of the molecule is CC(C)NC(=S)NCc1ccc(C(F)(F)F)cc1. The van der Waals surface area contributed by atoms with E-state index < -0.39 is 11.7 Å². The first-order valence-corrected chi connectivity index (χ1v) is 5.90. The molecule has 0 aromatic heterocycles. The maximum absolute atomic E-state index is 12.3. The second kappa shape index (κ2) is 6.04. The van der Waals surface area contributed by atoms with Crippen LogP contribution in [0.2, 0.25) is 0 Å². The Hall–Kier alpha value is -1.30. The number of nitrogens with one attached hydrogen (secondary N) is 2. The van der Waals surface area contributed by atoms with Gasteiger partial charge in [-0.1, -0.05) is 12.1 Å². The van der Waals surface area contributed by atoms with E-state index in [2.05, 4.69) is 10.6 Å². The molecule has 6 heteroatoms. The Morgan fingerprint density at radius 1 is 1.22 bits per heavy atom. The molecule has 0 fully saturated rings. The molecule has 1 aromatic rings. The van der Waals surface area contributed by atoms with Crippen molar-refractivity contribution in [3.8, 4) is 0 Å². The lowest BCUT2D eigenvalue weighted by Gasteiger charge is -2.13. The zero-order valence-corrected chi connectivity index (χ0v) is 11.0. The van der Waals surface area contributed by atoms with Gasteiger partial charge in [-0.15, -0.1) is 0 Å². The number of benzene rings is 1. The number of alkyl halides is 3. The summed E-state index contributed by atoms with van der Waals surface area (Å²) in [6.07, 6.45) is -4.29. The average molecular weight is 276 g/mol. The van der Waals surface area contributed by atoms with E-state index in [9.17, 15) is 13.2 Å². The summed E-state index contributed by atoms with van der Waals surface area (Å²) in [7, 11) is 0. The molecule has 0 aliphatic rings. The van der Waals surface area contributed by atoms with E-state index in [1.807, 2.05) is 13.8 Å². The summed E-state index contributed by atoms with van der Waals surface area (Å²) in [6, 6.07) is 5.23. The van der Waals surface area contributed by atoms with Crippen LogP contribution in [-0.4, -0.2) is 11.2 Å². The summed E-state index contributed by atoms with van der Waals surface area (Å²) in [6.45, 7) is 4.30. The van der Waals surface area contributed by atoms with Crippen LogP contribution < -0.4 is 10.6 Å². The second-order valence-corrected chi connectivity index (χ2v) is 4.58. The fraction of sp³-hybridized carbons (Fsp3) is 0.417. The zero-order chi connectivity index (χ0) is 13.8. The van der Waals surface area contributed by atoms with Crippen molar-refractivity contribution in [1.82, 2.24) is 10.6 Å². The van der Waals surface area contributed by atoms with Gasteiger partial charge in [-0.3, -0.25) is 0 Å². The van der Waals surface area contributed by atoms with Crippen LogP contribution in [0.15, 0.2) is 24.3 Å². The van der Waals surface area contributed by atoms with Crippen LogP contribution in [0, 0.1) is 0 Å². The molecule has 0 saturated heterocycles. The molecule has 0 bridgehead atoms. The largest absolute Gasteiger partial charge is 0.416 e. The van der Waals surface area contributed by atoms with E-state index in [4.69, 9.17) is 12.2 Å². The smallest absolute Gasteiger partial charge is 0.361 e. The van der Waals surface area contributed by atoms with E-state index in [0.717, 1.165) is 17.7 Å². The Kier molecular flexibility index (Phi) is 4.95. The fourth-order valence-electron chi connectivity index (χ4n) is 1.31. The normalized spacial score (nSPS) is 11.4. The van der Waals surface area contributed by atoms with Crippen molar-refractivity contribution in [1.29, 1.82) is 0 Å². The molecule has 1 rings (SSSR count). The van der Waals surface area contributed by atoms with Gasteiger partial charge in [0, 0.05) is 12.6 Å². The van der Waals surface area contributed by atoms with E-state index in [-0.39, 0.29) is 6.04 Å². The standard InChI is InChI=1S/C12H15F3N2S/c1-8(2)17-11(18)16-7-9-3-5-10(6-4-9)12(13,14)15/h3-6,8H,7H2,1-2H3,(H2,16,17,18). The monoisotopic (exact) mass is 276 g/mol. The Bertz CT molecular complexity index is 399. The van der Waals surface area contributed by atoms with Gasteiger partial charge in [0.1, 0.15) is 0 Å². The van der Waals surface area contributed by atoms with Gasteiger partial charge in [-0.2, -0.15) is 13.2 Å². The van der Waals surface area contributed by atoms with Crippen molar-refractivity contribution in [2.24, 2.45) is 0 Å². The fourth-order valence-corrected chi connectivity index (χ4v) is 1.62. The Morgan fingerprint density at radius 2 is 1.78 bits per heavy atom. The molecule has 0 saturated carbocycles. The van der Waals surface area contributed by atoms with Crippen molar-refractivity contribution in [3.05, 3.63) is 35.4 Å². The Morgan fingerprint density at radius 3 is 2.22 bits per heavy atom. The lowest BCUT2D eigenvalue weighted by Crippen LogP contribution is -2.38. The van der Waals surface area contributed by atoms with E-state index in [1.54, 1.807) is 0 Å². The summed E-state index contributed by atoms with van der Waals surface area (Å²) < 4.78 is 37.0. The average Bonchev–Trinajstić information content (AvgIpc) is 2.25. The quantitative estimate of drug-likeness (QED) is 0.830. The van der Waals surface area contributed by atoms with Gasteiger partial charge in [-0.05, 0) is 43.8 Å². The molecule has 18 heavy (non-hydrogen) atoms. The predicted octanol–water partition coefficient (Wildman–Crippen LogP) is 3.08. The first kappa shape index (κ1) is 14.8. The molecule has 0 atom stereocenters. The molecule has 0 amide bonds. The van der Waals surface area contributed by atoms with Gasteiger partial charge >= 0.3 is 6.18 Å². The number of thiocarbonyl (C=S) groups is 1. The second-order valence-electron chi connectivity index (χ2n) is 4.18. The Balaban J connectivity index is 2.52. The first-order valence-electron chi connectivity index (χ1n) is 5.49. The van der Waals surface area contributed by atoms with Gasteiger partial charge in [0.15, 0.2) is 5.11 Å². The molecule has 0 spiro atoms. The zero-order valence-electron chi connectivity index (χ0n) is 10.1. The van der Waals surface area contributed by atoms with Gasteiger partial charge < -0.3 is 10.6 Å². The minimum atomic E-state index is -4.29. The van der Waals surface area contributed by atoms with Crippen molar-refractivity contribution >= 4 is 17.3 Å². The highest BCUT2D eigenvalue weighted by molar-refractivity contribution is 7.80. The van der Waals surface area contributed by atoms with Gasteiger partial charge in [-0.25, -0.2) is 0 Å². The third kappa shape index (κ3) is 4.91. The van der Waals surface area contributed by atoms with Crippen molar-refractivity contribution < 1.29 is 13.2 Å². The van der Waals surface area contributed by atoms with Crippen LogP contribution in [0.3, 0.4) is 0 Å². The summed E-state index contributed by atoms with van der Waals surface area (Å²) in [4.78, 5) is 0. The molecule has 1 aromatic carbocycles. The van der Waals surface area contributed by atoms with E-state index in [0.29, 0.717) is 11.7 Å². The van der Waals surface area contributed by atoms with Gasteiger partial charge in [0.25, 0.3) is 0 Å². The maximum Gasteiger partial charge on any atom is 0.416 e. The topological polar surface area (TPSA) is 24.1 Å². The van der Waals surface area contributed by atoms with Crippen molar-refractivity contribution in [2.45, 2.75) is 32.6 Å². The number of halogens is 3. The minimum Gasteiger partial charge on any atom is -0.361 e. The summed E-state index contributed by atoms with van der Waals surface area (Å²) >= 11 is 5.01. The van der Waals surface area contributed by atoms with Crippen LogP contribution in [0.1, 0.15) is 25.0 Å². The van der Waals surface area contributed by atoms with Gasteiger partial charge in [0.2, 0.25) is 0 Å². The van der Waals surface area contributed by atoms with Crippen molar-refractivity contribution in [2.75, 3.05) is 0 Å². The highest BCUT2D eigenvalue weighted by Crippen LogP contribution is 2.28. The van der Waals surface area contributed by atoms with Crippen LogP contribution in [0.5, 0.6) is 0 Å². The summed E-state index contributed by atoms with van der Waals surface area (Å²) in [5, 5.41) is 6.41. The molecule has 100 valence electrons. The minimum absolute atomic E-state index is 0.220. The lowest BCUT2D eigenvalue weighted by atomic mass is 10.1. The summed E-state index contributed by atoms with van der Waals surface area (Å²) in [5.41, 5.74) is 0.102. The molecule has 2 nitrogen and oxygen atoms in total. The summed E-state index contributed by atoms with van der Waals surface area (Å²) in [5.74, 6) is 0. The van der Waals surface area contributed by atoms with E-state index in [1.165, 1.54) is 12.1 Å². The van der Waals surface area contributed by atoms with Crippen LogP contribution >= 0.6 is 12.2 Å². The molecule has 0 radical (unpaired) electrons. The molecule has 0 aliphatic heterocycles. The van der Waals surface area contributed by atoms with Crippen LogP contribution in [-0.2, 0) is 12.7 Å². The number of hydrogen-bond acceptors (Lipinski definition) is 1. The third-order valence-electron chi connectivity index (χ3n) is 2.15. The Labute approximate surface area is 110 Å². The first-order chi connectivity index (χ1) is 8.29. The molecule has 0 unspecified atom stereocenters. The molecule has 2 N–H and O–H groups in total. The number of hydrogen-bond donors (Lipinski definition) is 2. The predicted molar refractivity (Wildman–Crippen MR) is 69.2 cm³/mol. The third-order valence-corrected chi connectivity index (χ3v) is 2.42. The van der Waals surface area contributed by atoms with Crippen LogP contribution in [0.4, 0.5) is 13.2 Å². The molecule has 0 heterocycles. The van der Waals surface area contributed by atoms with Gasteiger partial charge in [0.05, 0.1) is 5.56 Å². The molecular formula is C12H15F3N2S. The highest BCUT2D eigenvalue weighted by atomic mass is 32.1. The highest BCUT2D eigenvalue weighted by Gasteiger charge is 2.29. The molecular weight excluding hydrogens is 261 g/mol. The molecule has 0 aliphatic carbocycles. The maximum atomic E-state index is 12.3. The van der Waals surface area contributed by atoms with E-state index >= 15 is 0 Å². The lowest BCUT2D eigenvalue weighted by molar-refractivity contribution is -0.137. The van der Waals surface area contributed by atoms with Crippen molar-refractivity contribution in [3.63, 3.8) is 0 Å².